The Morgan fingerprint density at radius 2 is 1.30 bits per heavy atom. The van der Waals surface area contributed by atoms with E-state index in [0.717, 1.165) is 0 Å². The molecule has 0 aliphatic heterocycles. The molecule has 0 aromatic heterocycles. The second-order valence-electron chi connectivity index (χ2n) is 11.6. The Morgan fingerprint density at radius 1 is 0.775 bits per heavy atom. The zero-order valence-corrected chi connectivity index (χ0v) is 25.0. The summed E-state index contributed by atoms with van der Waals surface area (Å²) in [5.74, 6) is -0.879. The SMILES string of the molecule is CC(C)C(C)OC(=O)OC[C@H](C)OC(=O)[C@@H](N)Cc1ccc(OC(=O)OC(C)(C)C)c(OC(=O)OC(C)(C)C)c1. The Hall–Kier alpha value is -3.54. The van der Waals surface area contributed by atoms with Crippen LogP contribution >= 0.6 is 0 Å². The Morgan fingerprint density at radius 3 is 1.80 bits per heavy atom. The molecule has 226 valence electrons. The number of carbonyl (C=O) groups is 4. The molecule has 0 fully saturated rings. The van der Waals surface area contributed by atoms with Crippen LogP contribution in [0.1, 0.15) is 74.8 Å². The molecule has 12 nitrogen and oxygen atoms in total. The zero-order chi connectivity index (χ0) is 30.8. The molecule has 0 bridgehead atoms. The summed E-state index contributed by atoms with van der Waals surface area (Å²) in [6.07, 6.45) is -4.02. The number of hydrogen-bond acceptors (Lipinski definition) is 12. The van der Waals surface area contributed by atoms with E-state index in [1.807, 2.05) is 13.8 Å². The molecule has 1 unspecified atom stereocenters. The van der Waals surface area contributed by atoms with Gasteiger partial charge in [0, 0.05) is 0 Å². The smallest absolute Gasteiger partial charge is 0.458 e. The minimum Gasteiger partial charge on any atom is -0.458 e. The molecule has 1 rings (SSSR count). The average Bonchev–Trinajstić information content (AvgIpc) is 2.76. The Labute approximate surface area is 235 Å². The summed E-state index contributed by atoms with van der Waals surface area (Å²) in [6.45, 7) is 16.9. The van der Waals surface area contributed by atoms with Gasteiger partial charge >= 0.3 is 24.4 Å². The van der Waals surface area contributed by atoms with Crippen LogP contribution in [0.2, 0.25) is 0 Å². The first-order valence-corrected chi connectivity index (χ1v) is 13.0. The number of benzene rings is 1. The fraction of sp³-hybridized carbons (Fsp3) is 0.643. The minimum absolute atomic E-state index is 0.0161. The van der Waals surface area contributed by atoms with Gasteiger partial charge in [-0.3, -0.25) is 4.79 Å². The van der Waals surface area contributed by atoms with E-state index in [2.05, 4.69) is 0 Å². The van der Waals surface area contributed by atoms with Crippen LogP contribution in [0.3, 0.4) is 0 Å². The fourth-order valence-corrected chi connectivity index (χ4v) is 2.73. The maximum absolute atomic E-state index is 12.5. The number of rotatable bonds is 10. The van der Waals surface area contributed by atoms with Gasteiger partial charge in [0.05, 0.1) is 0 Å². The third-order valence-corrected chi connectivity index (χ3v) is 4.91. The van der Waals surface area contributed by atoms with Crippen LogP contribution in [-0.4, -0.2) is 60.5 Å². The monoisotopic (exact) mass is 569 g/mol. The molecule has 1 aromatic carbocycles. The molecule has 3 atom stereocenters. The lowest BCUT2D eigenvalue weighted by Gasteiger charge is -2.21. The van der Waals surface area contributed by atoms with E-state index in [-0.39, 0.29) is 36.5 Å². The minimum atomic E-state index is -1.11. The molecule has 0 spiro atoms. The van der Waals surface area contributed by atoms with Crippen molar-refractivity contribution >= 4 is 24.4 Å². The third kappa shape index (κ3) is 14.0. The van der Waals surface area contributed by atoms with Crippen molar-refractivity contribution in [2.24, 2.45) is 11.7 Å². The van der Waals surface area contributed by atoms with Crippen molar-refractivity contribution in [1.82, 2.24) is 0 Å². The molecule has 12 heteroatoms. The summed E-state index contributed by atoms with van der Waals surface area (Å²) in [7, 11) is 0. The van der Waals surface area contributed by atoms with E-state index in [1.54, 1.807) is 55.4 Å². The van der Waals surface area contributed by atoms with E-state index < -0.39 is 47.8 Å². The summed E-state index contributed by atoms with van der Waals surface area (Å²) in [5.41, 5.74) is 4.85. The first-order valence-electron chi connectivity index (χ1n) is 13.0. The Kier molecular flexibility index (Phi) is 12.7. The van der Waals surface area contributed by atoms with Crippen molar-refractivity contribution in [3.05, 3.63) is 23.8 Å². The second kappa shape index (κ2) is 14.7. The van der Waals surface area contributed by atoms with E-state index in [4.69, 9.17) is 38.9 Å². The first kappa shape index (κ1) is 34.5. The molecule has 0 heterocycles. The summed E-state index contributed by atoms with van der Waals surface area (Å²) in [4.78, 5) is 48.8. The van der Waals surface area contributed by atoms with Crippen LogP contribution < -0.4 is 15.2 Å². The largest absolute Gasteiger partial charge is 0.514 e. The highest BCUT2D eigenvalue weighted by Crippen LogP contribution is 2.31. The lowest BCUT2D eigenvalue weighted by Crippen LogP contribution is -2.37. The molecular weight excluding hydrogens is 526 g/mol. The highest BCUT2D eigenvalue weighted by molar-refractivity contribution is 5.76. The Bertz CT molecular complexity index is 1020. The molecule has 0 saturated carbocycles. The fourth-order valence-electron chi connectivity index (χ4n) is 2.73. The first-order chi connectivity index (χ1) is 18.3. The van der Waals surface area contributed by atoms with Gasteiger partial charge in [-0.2, -0.15) is 0 Å². The summed E-state index contributed by atoms with van der Waals surface area (Å²) >= 11 is 0. The van der Waals surface area contributed by atoms with Gasteiger partial charge in [-0.25, -0.2) is 14.4 Å². The van der Waals surface area contributed by atoms with Gasteiger partial charge < -0.3 is 38.9 Å². The summed E-state index contributed by atoms with van der Waals surface area (Å²) < 4.78 is 36.2. The maximum atomic E-state index is 12.5. The van der Waals surface area contributed by atoms with E-state index in [1.165, 1.54) is 18.2 Å². The highest BCUT2D eigenvalue weighted by Gasteiger charge is 2.25. The molecule has 0 radical (unpaired) electrons. The number of carbonyl (C=O) groups excluding carboxylic acids is 4. The van der Waals surface area contributed by atoms with Crippen LogP contribution in [0, 0.1) is 5.92 Å². The van der Waals surface area contributed by atoms with Crippen molar-refractivity contribution in [1.29, 1.82) is 0 Å². The third-order valence-electron chi connectivity index (χ3n) is 4.91. The molecular formula is C28H43NO11. The van der Waals surface area contributed by atoms with Gasteiger partial charge in [-0.05, 0) is 85.4 Å². The lowest BCUT2D eigenvalue weighted by atomic mass is 10.1. The summed E-state index contributed by atoms with van der Waals surface area (Å²) in [6, 6.07) is 3.18. The molecule has 40 heavy (non-hydrogen) atoms. The number of hydrogen-bond donors (Lipinski definition) is 1. The van der Waals surface area contributed by atoms with Gasteiger partial charge in [0.15, 0.2) is 11.5 Å². The van der Waals surface area contributed by atoms with E-state index in [9.17, 15) is 19.2 Å². The molecule has 2 N–H and O–H groups in total. The molecule has 0 saturated heterocycles. The highest BCUT2D eigenvalue weighted by atomic mass is 16.8. The van der Waals surface area contributed by atoms with Crippen molar-refractivity contribution in [3.63, 3.8) is 0 Å². The maximum Gasteiger partial charge on any atom is 0.514 e. The van der Waals surface area contributed by atoms with Gasteiger partial charge in [0.2, 0.25) is 0 Å². The second-order valence-corrected chi connectivity index (χ2v) is 11.6. The molecule has 1 aromatic rings. The predicted octanol–water partition coefficient (Wildman–Crippen LogP) is 5.31. The zero-order valence-electron chi connectivity index (χ0n) is 25.0. The van der Waals surface area contributed by atoms with Crippen molar-refractivity contribution in [2.45, 2.75) is 105 Å². The van der Waals surface area contributed by atoms with Crippen molar-refractivity contribution < 1.29 is 52.3 Å². The number of esters is 1. The van der Waals surface area contributed by atoms with E-state index >= 15 is 0 Å². The van der Waals surface area contributed by atoms with Gasteiger partial charge in [-0.1, -0.05) is 19.9 Å². The van der Waals surface area contributed by atoms with Crippen LogP contribution in [0.5, 0.6) is 11.5 Å². The van der Waals surface area contributed by atoms with Crippen molar-refractivity contribution in [3.8, 4) is 11.5 Å². The van der Waals surface area contributed by atoms with Gasteiger partial charge in [0.25, 0.3) is 0 Å². The number of ether oxygens (including phenoxy) is 7. The normalized spacial score (nSPS) is 13.9. The molecule has 0 aliphatic carbocycles. The molecule has 0 aliphatic rings. The lowest BCUT2D eigenvalue weighted by molar-refractivity contribution is -0.152. The van der Waals surface area contributed by atoms with E-state index in [0.29, 0.717) is 5.56 Å². The average molecular weight is 570 g/mol. The number of nitrogens with two attached hydrogens (primary N) is 1. The quantitative estimate of drug-likeness (QED) is 0.220. The Balaban J connectivity index is 2.89. The molecule has 0 amide bonds. The van der Waals surface area contributed by atoms with Gasteiger partial charge in [0.1, 0.15) is 36.1 Å². The van der Waals surface area contributed by atoms with Crippen LogP contribution in [0.25, 0.3) is 0 Å². The predicted molar refractivity (Wildman–Crippen MR) is 144 cm³/mol. The van der Waals surface area contributed by atoms with Crippen LogP contribution in [-0.2, 0) is 34.9 Å². The van der Waals surface area contributed by atoms with Crippen LogP contribution in [0.4, 0.5) is 14.4 Å². The standard InChI is InChI=1S/C28H43NO11/c1-16(2)18(4)36-24(31)34-15-17(3)35-23(30)20(29)13-19-11-12-21(37-25(32)39-27(5,6)7)22(14-19)38-26(33)40-28(8,9)10/h11-12,14,16-18,20H,13,15,29H2,1-10H3/t17-,18?,20-/m0/s1. The topological polar surface area (TPSA) is 159 Å². The van der Waals surface area contributed by atoms with Crippen LogP contribution in [0.15, 0.2) is 18.2 Å². The van der Waals surface area contributed by atoms with Gasteiger partial charge in [-0.15, -0.1) is 0 Å². The summed E-state index contributed by atoms with van der Waals surface area (Å²) in [5, 5.41) is 0. The van der Waals surface area contributed by atoms with Crippen molar-refractivity contribution in [2.75, 3.05) is 6.61 Å².